The van der Waals surface area contributed by atoms with E-state index in [1.54, 1.807) is 0 Å². The van der Waals surface area contributed by atoms with E-state index < -0.39 is 0 Å². The van der Waals surface area contributed by atoms with Gasteiger partial charge in [-0.25, -0.2) is 0 Å². The lowest BCUT2D eigenvalue weighted by molar-refractivity contribution is 1.07. The van der Waals surface area contributed by atoms with Gasteiger partial charge in [0.05, 0.1) is 0 Å². The Balaban J connectivity index is 2.32. The second kappa shape index (κ2) is 4.63. The van der Waals surface area contributed by atoms with Crippen molar-refractivity contribution in [2.75, 3.05) is 0 Å². The van der Waals surface area contributed by atoms with Gasteiger partial charge in [-0.15, -0.1) is 0 Å². The molecule has 0 unspecified atom stereocenters. The maximum atomic E-state index is 5.83. The topological polar surface area (TPSA) is 26.0 Å². The van der Waals surface area contributed by atoms with Crippen LogP contribution in [-0.4, -0.2) is 0 Å². The average Bonchev–Trinajstić information content (AvgIpc) is 2.46. The van der Waals surface area contributed by atoms with Crippen LogP contribution in [0.3, 0.4) is 0 Å². The molecule has 3 rings (SSSR count). The Kier molecular flexibility index (Phi) is 2.83. The summed E-state index contributed by atoms with van der Waals surface area (Å²) in [4.78, 5) is 0. The average molecular weight is 233 g/mol. The third-order valence-corrected chi connectivity index (χ3v) is 3.32. The third-order valence-electron chi connectivity index (χ3n) is 3.32. The van der Waals surface area contributed by atoms with E-state index in [0.717, 1.165) is 0 Å². The molecular formula is C17H15N. The first-order valence-corrected chi connectivity index (χ1v) is 6.16. The highest BCUT2D eigenvalue weighted by Gasteiger charge is 2.06. The van der Waals surface area contributed by atoms with Gasteiger partial charge in [-0.05, 0) is 27.5 Å². The number of hydrogen-bond acceptors (Lipinski definition) is 1. The van der Waals surface area contributed by atoms with Crippen molar-refractivity contribution in [2.24, 2.45) is 5.73 Å². The minimum atomic E-state index is 0.569. The summed E-state index contributed by atoms with van der Waals surface area (Å²) in [6, 6.07) is 23.2. The first kappa shape index (κ1) is 11.0. The first-order valence-electron chi connectivity index (χ1n) is 6.16. The molecule has 0 aromatic heterocycles. The van der Waals surface area contributed by atoms with Crippen molar-refractivity contribution < 1.29 is 0 Å². The van der Waals surface area contributed by atoms with Gasteiger partial charge in [-0.2, -0.15) is 0 Å². The predicted octanol–water partition coefficient (Wildman–Crippen LogP) is 3.97. The van der Waals surface area contributed by atoms with E-state index in [9.17, 15) is 0 Å². The fraction of sp³-hybridized carbons (Fsp3) is 0.0588. The lowest BCUT2D eigenvalue weighted by atomic mass is 9.95. The molecule has 0 saturated heterocycles. The molecule has 2 N–H and O–H groups in total. The highest BCUT2D eigenvalue weighted by atomic mass is 14.5. The van der Waals surface area contributed by atoms with E-state index in [1.165, 1.54) is 27.5 Å². The zero-order chi connectivity index (χ0) is 12.4. The highest BCUT2D eigenvalue weighted by molar-refractivity contribution is 5.97. The lowest BCUT2D eigenvalue weighted by Crippen LogP contribution is -1.98. The summed E-state index contributed by atoms with van der Waals surface area (Å²) in [5.41, 5.74) is 9.51. The van der Waals surface area contributed by atoms with Gasteiger partial charge in [-0.3, -0.25) is 0 Å². The van der Waals surface area contributed by atoms with Crippen LogP contribution in [0.1, 0.15) is 5.56 Å². The molecule has 3 aromatic rings. The summed E-state index contributed by atoms with van der Waals surface area (Å²) in [6.07, 6.45) is 0. The van der Waals surface area contributed by atoms with E-state index in [0.29, 0.717) is 6.54 Å². The summed E-state index contributed by atoms with van der Waals surface area (Å²) >= 11 is 0. The van der Waals surface area contributed by atoms with Crippen LogP contribution in [0.4, 0.5) is 0 Å². The monoisotopic (exact) mass is 233 g/mol. The summed E-state index contributed by atoms with van der Waals surface area (Å²) in [5.74, 6) is 0. The van der Waals surface area contributed by atoms with Crippen molar-refractivity contribution in [3.63, 3.8) is 0 Å². The predicted molar refractivity (Wildman–Crippen MR) is 77.3 cm³/mol. The smallest absolute Gasteiger partial charge is 0.0184 e. The first-order chi connectivity index (χ1) is 8.90. The number of fused-ring (bicyclic) bond motifs is 1. The van der Waals surface area contributed by atoms with Gasteiger partial charge < -0.3 is 5.73 Å². The van der Waals surface area contributed by atoms with Gasteiger partial charge in [0, 0.05) is 6.54 Å². The third kappa shape index (κ3) is 1.79. The number of hydrogen-bond donors (Lipinski definition) is 1. The van der Waals surface area contributed by atoms with Crippen molar-refractivity contribution in [1.82, 2.24) is 0 Å². The molecule has 0 radical (unpaired) electrons. The Morgan fingerprint density at radius 1 is 0.667 bits per heavy atom. The molecule has 0 atom stereocenters. The minimum absolute atomic E-state index is 0.569. The standard InChI is InChI=1S/C17H15N/c18-12-14-7-2-4-10-16(14)17-11-5-8-13-6-1-3-9-15(13)17/h1-11H,12,18H2. The van der Waals surface area contributed by atoms with Crippen LogP contribution >= 0.6 is 0 Å². The molecule has 0 aliphatic heterocycles. The fourth-order valence-corrected chi connectivity index (χ4v) is 2.42. The molecule has 0 aliphatic carbocycles. The van der Waals surface area contributed by atoms with Crippen LogP contribution in [0.5, 0.6) is 0 Å². The quantitative estimate of drug-likeness (QED) is 0.712. The van der Waals surface area contributed by atoms with Crippen molar-refractivity contribution in [3.05, 3.63) is 72.3 Å². The van der Waals surface area contributed by atoms with Gasteiger partial charge >= 0.3 is 0 Å². The van der Waals surface area contributed by atoms with E-state index in [2.05, 4.69) is 60.7 Å². The van der Waals surface area contributed by atoms with Gasteiger partial charge in [-0.1, -0.05) is 66.7 Å². The number of rotatable bonds is 2. The van der Waals surface area contributed by atoms with Crippen LogP contribution in [0, 0.1) is 0 Å². The molecule has 1 nitrogen and oxygen atoms in total. The summed E-state index contributed by atoms with van der Waals surface area (Å²) in [7, 11) is 0. The van der Waals surface area contributed by atoms with Gasteiger partial charge in [0.15, 0.2) is 0 Å². The SMILES string of the molecule is NCc1ccccc1-c1cccc2ccccc12. The normalized spacial score (nSPS) is 10.7. The van der Waals surface area contributed by atoms with Crippen LogP contribution in [0.25, 0.3) is 21.9 Å². The van der Waals surface area contributed by atoms with Crippen molar-refractivity contribution in [2.45, 2.75) is 6.54 Å². The second-order valence-electron chi connectivity index (χ2n) is 4.39. The molecule has 3 aromatic carbocycles. The van der Waals surface area contributed by atoms with E-state index in [1.807, 2.05) is 6.07 Å². The molecule has 18 heavy (non-hydrogen) atoms. The molecule has 0 saturated carbocycles. The van der Waals surface area contributed by atoms with Crippen molar-refractivity contribution in [3.8, 4) is 11.1 Å². The van der Waals surface area contributed by atoms with E-state index in [-0.39, 0.29) is 0 Å². The molecular weight excluding hydrogens is 218 g/mol. The van der Waals surface area contributed by atoms with Gasteiger partial charge in [0.25, 0.3) is 0 Å². The van der Waals surface area contributed by atoms with Gasteiger partial charge in [0.1, 0.15) is 0 Å². The number of nitrogens with two attached hydrogens (primary N) is 1. The molecule has 88 valence electrons. The van der Waals surface area contributed by atoms with Crippen LogP contribution < -0.4 is 5.73 Å². The molecule has 0 bridgehead atoms. The fourth-order valence-electron chi connectivity index (χ4n) is 2.42. The largest absolute Gasteiger partial charge is 0.326 e. The van der Waals surface area contributed by atoms with Gasteiger partial charge in [0.2, 0.25) is 0 Å². The Bertz CT molecular complexity index is 681. The summed E-state index contributed by atoms with van der Waals surface area (Å²) in [5, 5.41) is 2.54. The Morgan fingerprint density at radius 2 is 1.33 bits per heavy atom. The van der Waals surface area contributed by atoms with Crippen molar-refractivity contribution >= 4 is 10.8 Å². The van der Waals surface area contributed by atoms with E-state index >= 15 is 0 Å². The molecule has 1 heteroatoms. The molecule has 0 amide bonds. The lowest BCUT2D eigenvalue weighted by Gasteiger charge is -2.10. The molecule has 0 heterocycles. The Morgan fingerprint density at radius 3 is 2.22 bits per heavy atom. The Hall–Kier alpha value is -2.12. The molecule has 0 aliphatic rings. The minimum Gasteiger partial charge on any atom is -0.326 e. The highest BCUT2D eigenvalue weighted by Crippen LogP contribution is 2.30. The van der Waals surface area contributed by atoms with Crippen LogP contribution in [-0.2, 0) is 6.54 Å². The second-order valence-corrected chi connectivity index (χ2v) is 4.39. The maximum Gasteiger partial charge on any atom is 0.0184 e. The maximum absolute atomic E-state index is 5.83. The van der Waals surface area contributed by atoms with Crippen LogP contribution in [0.15, 0.2) is 66.7 Å². The zero-order valence-electron chi connectivity index (χ0n) is 10.1. The number of benzene rings is 3. The summed E-state index contributed by atoms with van der Waals surface area (Å²) in [6.45, 7) is 0.569. The molecule has 0 fully saturated rings. The van der Waals surface area contributed by atoms with Crippen molar-refractivity contribution in [1.29, 1.82) is 0 Å². The Labute approximate surface area is 107 Å². The zero-order valence-corrected chi connectivity index (χ0v) is 10.1. The molecule has 0 spiro atoms. The van der Waals surface area contributed by atoms with E-state index in [4.69, 9.17) is 5.73 Å². The van der Waals surface area contributed by atoms with Crippen LogP contribution in [0.2, 0.25) is 0 Å². The summed E-state index contributed by atoms with van der Waals surface area (Å²) < 4.78 is 0.